The normalized spacial score (nSPS) is 19.5. The molecule has 0 heteroatoms. The molecule has 0 N–H and O–H groups in total. The molecule has 0 radical (unpaired) electrons. The molecule has 0 saturated heterocycles. The van der Waals surface area contributed by atoms with Gasteiger partial charge in [-0.25, -0.2) is 0 Å². The molecule has 0 saturated carbocycles. The van der Waals surface area contributed by atoms with Crippen molar-refractivity contribution in [3.05, 3.63) is 70.8 Å². The zero-order chi connectivity index (χ0) is 14.8. The highest BCUT2D eigenvalue weighted by molar-refractivity contribution is 5.43. The van der Waals surface area contributed by atoms with E-state index in [4.69, 9.17) is 0 Å². The quantitative estimate of drug-likeness (QED) is 0.626. The van der Waals surface area contributed by atoms with Crippen molar-refractivity contribution in [1.82, 2.24) is 0 Å². The van der Waals surface area contributed by atoms with Crippen LogP contribution in [0.2, 0.25) is 0 Å². The van der Waals surface area contributed by atoms with Crippen LogP contribution in [0, 0.1) is 0 Å². The molecule has 0 fully saturated rings. The topological polar surface area (TPSA) is 0 Å². The number of benzene rings is 2. The Labute approximate surface area is 129 Å². The first-order chi connectivity index (χ1) is 10.2. The lowest BCUT2D eigenvalue weighted by molar-refractivity contribution is 0.542. The lowest BCUT2D eigenvalue weighted by Crippen LogP contribution is -2.15. The highest BCUT2D eigenvalue weighted by Gasteiger charge is 2.23. The maximum absolute atomic E-state index is 2.46. The van der Waals surface area contributed by atoms with Crippen molar-refractivity contribution < 1.29 is 0 Å². The first kappa shape index (κ1) is 14.4. The fraction of sp³-hybridized carbons (Fsp3) is 0.429. The lowest BCUT2D eigenvalue weighted by Gasteiger charge is -2.29. The van der Waals surface area contributed by atoms with Crippen molar-refractivity contribution in [2.75, 3.05) is 0 Å². The molecular formula is C21H26. The molecule has 110 valence electrons. The standard InChI is InChI=1S/C21H26/c1-4-17(18-8-6-5-7-9-18)12-15(2)19-10-11-20-13-16(3)21(20)14-19/h5-11,14-17H,4,12-13H2,1-3H3. The van der Waals surface area contributed by atoms with E-state index < -0.39 is 0 Å². The number of hydrogen-bond acceptors (Lipinski definition) is 0. The molecule has 0 aromatic heterocycles. The number of hydrogen-bond donors (Lipinski definition) is 0. The summed E-state index contributed by atoms with van der Waals surface area (Å²) in [6.07, 6.45) is 3.73. The summed E-state index contributed by atoms with van der Waals surface area (Å²) in [6, 6.07) is 18.2. The van der Waals surface area contributed by atoms with Gasteiger partial charge in [-0.3, -0.25) is 0 Å². The molecule has 0 nitrogen and oxygen atoms in total. The van der Waals surface area contributed by atoms with Crippen molar-refractivity contribution in [3.63, 3.8) is 0 Å². The van der Waals surface area contributed by atoms with Crippen molar-refractivity contribution in [1.29, 1.82) is 0 Å². The van der Waals surface area contributed by atoms with E-state index in [9.17, 15) is 0 Å². The monoisotopic (exact) mass is 278 g/mol. The smallest absolute Gasteiger partial charge is 0.0147 e. The Bertz CT molecular complexity index is 597. The SMILES string of the molecule is CCC(CC(C)c1ccc2c(c1)C(C)C2)c1ccccc1. The highest BCUT2D eigenvalue weighted by Crippen LogP contribution is 2.38. The third-order valence-electron chi connectivity index (χ3n) is 5.20. The molecule has 1 aliphatic carbocycles. The molecule has 0 amide bonds. The van der Waals surface area contributed by atoms with E-state index in [2.05, 4.69) is 69.3 Å². The van der Waals surface area contributed by atoms with Gasteiger partial charge in [0.15, 0.2) is 0 Å². The summed E-state index contributed by atoms with van der Waals surface area (Å²) in [5.74, 6) is 2.07. The van der Waals surface area contributed by atoms with Gasteiger partial charge >= 0.3 is 0 Å². The van der Waals surface area contributed by atoms with Crippen LogP contribution in [0.4, 0.5) is 0 Å². The Balaban J connectivity index is 1.74. The van der Waals surface area contributed by atoms with Crippen LogP contribution < -0.4 is 0 Å². The van der Waals surface area contributed by atoms with Crippen LogP contribution in [0.15, 0.2) is 48.5 Å². The van der Waals surface area contributed by atoms with Gasteiger partial charge in [-0.1, -0.05) is 69.3 Å². The zero-order valence-corrected chi connectivity index (χ0v) is 13.5. The Kier molecular flexibility index (Phi) is 4.14. The molecule has 3 unspecified atom stereocenters. The van der Waals surface area contributed by atoms with Crippen LogP contribution in [-0.4, -0.2) is 0 Å². The van der Waals surface area contributed by atoms with Crippen LogP contribution in [0.5, 0.6) is 0 Å². The molecule has 0 spiro atoms. The summed E-state index contributed by atoms with van der Waals surface area (Å²) in [6.45, 7) is 7.04. The predicted octanol–water partition coefficient (Wildman–Crippen LogP) is 6.03. The summed E-state index contributed by atoms with van der Waals surface area (Å²) >= 11 is 0. The molecular weight excluding hydrogens is 252 g/mol. The van der Waals surface area contributed by atoms with Gasteiger partial charge in [-0.2, -0.15) is 0 Å². The average Bonchev–Trinajstić information content (AvgIpc) is 2.52. The van der Waals surface area contributed by atoms with Crippen LogP contribution in [0.3, 0.4) is 0 Å². The predicted molar refractivity (Wildman–Crippen MR) is 91.1 cm³/mol. The first-order valence-electron chi connectivity index (χ1n) is 8.36. The molecule has 3 rings (SSSR count). The van der Waals surface area contributed by atoms with E-state index in [-0.39, 0.29) is 0 Å². The minimum absolute atomic E-state index is 0.633. The van der Waals surface area contributed by atoms with Crippen molar-refractivity contribution in [2.24, 2.45) is 0 Å². The molecule has 2 aromatic carbocycles. The van der Waals surface area contributed by atoms with E-state index >= 15 is 0 Å². The Morgan fingerprint density at radius 2 is 1.81 bits per heavy atom. The van der Waals surface area contributed by atoms with Gasteiger partial charge in [-0.05, 0) is 59.3 Å². The fourth-order valence-corrected chi connectivity index (χ4v) is 3.70. The summed E-state index contributed by atoms with van der Waals surface area (Å²) in [7, 11) is 0. The van der Waals surface area contributed by atoms with Crippen LogP contribution >= 0.6 is 0 Å². The van der Waals surface area contributed by atoms with E-state index in [0.29, 0.717) is 11.8 Å². The maximum atomic E-state index is 2.46. The van der Waals surface area contributed by atoms with E-state index in [1.54, 1.807) is 11.1 Å². The zero-order valence-electron chi connectivity index (χ0n) is 13.5. The fourth-order valence-electron chi connectivity index (χ4n) is 3.70. The van der Waals surface area contributed by atoms with Crippen LogP contribution in [-0.2, 0) is 6.42 Å². The van der Waals surface area contributed by atoms with Gasteiger partial charge in [0.25, 0.3) is 0 Å². The maximum Gasteiger partial charge on any atom is -0.0147 e. The van der Waals surface area contributed by atoms with E-state index in [1.807, 2.05) is 0 Å². The average molecular weight is 278 g/mol. The van der Waals surface area contributed by atoms with Gasteiger partial charge < -0.3 is 0 Å². The first-order valence-corrected chi connectivity index (χ1v) is 8.36. The molecule has 1 aliphatic rings. The van der Waals surface area contributed by atoms with E-state index in [0.717, 1.165) is 5.92 Å². The summed E-state index contributed by atoms with van der Waals surface area (Å²) in [5, 5.41) is 0. The van der Waals surface area contributed by atoms with E-state index in [1.165, 1.54) is 30.4 Å². The minimum atomic E-state index is 0.633. The summed E-state index contributed by atoms with van der Waals surface area (Å²) in [5.41, 5.74) is 6.17. The van der Waals surface area contributed by atoms with Gasteiger partial charge in [0.05, 0.1) is 0 Å². The van der Waals surface area contributed by atoms with Crippen molar-refractivity contribution in [3.8, 4) is 0 Å². The third-order valence-corrected chi connectivity index (χ3v) is 5.20. The van der Waals surface area contributed by atoms with Gasteiger partial charge in [0.1, 0.15) is 0 Å². The van der Waals surface area contributed by atoms with Gasteiger partial charge in [-0.15, -0.1) is 0 Å². The lowest BCUT2D eigenvalue weighted by atomic mass is 9.76. The second-order valence-electron chi connectivity index (χ2n) is 6.72. The Morgan fingerprint density at radius 1 is 1.05 bits per heavy atom. The molecule has 0 aliphatic heterocycles. The number of rotatable bonds is 5. The minimum Gasteiger partial charge on any atom is -0.0648 e. The van der Waals surface area contributed by atoms with Crippen LogP contribution in [0.1, 0.15) is 73.6 Å². The summed E-state index contributed by atoms with van der Waals surface area (Å²) in [4.78, 5) is 0. The second kappa shape index (κ2) is 6.05. The molecule has 3 atom stereocenters. The third kappa shape index (κ3) is 2.90. The molecule has 2 aromatic rings. The highest BCUT2D eigenvalue weighted by atomic mass is 14.3. The van der Waals surface area contributed by atoms with Crippen molar-refractivity contribution >= 4 is 0 Å². The number of fused-ring (bicyclic) bond motifs is 1. The second-order valence-corrected chi connectivity index (χ2v) is 6.72. The van der Waals surface area contributed by atoms with Gasteiger partial charge in [0.2, 0.25) is 0 Å². The summed E-state index contributed by atoms with van der Waals surface area (Å²) < 4.78 is 0. The molecule has 21 heavy (non-hydrogen) atoms. The molecule has 0 bridgehead atoms. The van der Waals surface area contributed by atoms with Crippen molar-refractivity contribution in [2.45, 2.75) is 57.8 Å². The van der Waals surface area contributed by atoms with Gasteiger partial charge in [0, 0.05) is 0 Å². The Hall–Kier alpha value is -1.56. The Morgan fingerprint density at radius 3 is 2.48 bits per heavy atom. The van der Waals surface area contributed by atoms with Crippen LogP contribution in [0.25, 0.3) is 0 Å². The largest absolute Gasteiger partial charge is 0.0648 e. The molecule has 0 heterocycles.